The van der Waals surface area contributed by atoms with Gasteiger partial charge in [0.15, 0.2) is 0 Å². The zero-order valence-corrected chi connectivity index (χ0v) is 14.0. The summed E-state index contributed by atoms with van der Waals surface area (Å²) in [6.07, 6.45) is 0.269. The number of aliphatic carboxylic acids is 2. The maximum Gasteiger partial charge on any atom is 0.372 e. The largest absolute Gasteiger partial charge is 0.476 e. The molecule has 0 aliphatic carbocycles. The molecular weight excluding hydrogens is 280 g/mol. The fourth-order valence-electron chi connectivity index (χ4n) is 0.916. The van der Waals surface area contributed by atoms with Gasteiger partial charge in [0.1, 0.15) is 0 Å². The first kappa shape index (κ1) is 23.6. The molecule has 0 spiro atoms. The van der Waals surface area contributed by atoms with Gasteiger partial charge in [-0.15, -0.1) is 0 Å². The van der Waals surface area contributed by atoms with Gasteiger partial charge < -0.3 is 10.2 Å². The first-order chi connectivity index (χ1) is 8.07. The summed E-state index contributed by atoms with van der Waals surface area (Å²) in [7, 11) is 0. The van der Waals surface area contributed by atoms with E-state index in [4.69, 9.17) is 10.2 Å². The molecular formula is C12H20CaO6. The van der Waals surface area contributed by atoms with Crippen molar-refractivity contribution in [3.63, 3.8) is 0 Å². The summed E-state index contributed by atoms with van der Waals surface area (Å²) < 4.78 is 0. The van der Waals surface area contributed by atoms with Crippen LogP contribution in [0.4, 0.5) is 0 Å². The number of ketones is 2. The molecule has 0 amide bonds. The maximum absolute atomic E-state index is 10.4. The van der Waals surface area contributed by atoms with E-state index in [0.29, 0.717) is 0 Å². The fraction of sp³-hybridized carbons (Fsp3) is 0.667. The van der Waals surface area contributed by atoms with Crippen molar-refractivity contribution in [2.24, 2.45) is 11.8 Å². The molecule has 106 valence electrons. The van der Waals surface area contributed by atoms with Crippen LogP contribution in [0.3, 0.4) is 0 Å². The normalized spacial score (nSPS) is 9.16. The molecule has 0 aliphatic rings. The van der Waals surface area contributed by atoms with Crippen LogP contribution in [0, 0.1) is 11.8 Å². The molecule has 0 rings (SSSR count). The van der Waals surface area contributed by atoms with Gasteiger partial charge >= 0.3 is 11.9 Å². The summed E-state index contributed by atoms with van der Waals surface area (Å²) in [5.41, 5.74) is 0. The van der Waals surface area contributed by atoms with Crippen LogP contribution in [0.15, 0.2) is 0 Å². The molecule has 0 atom stereocenters. The topological polar surface area (TPSA) is 109 Å². The van der Waals surface area contributed by atoms with E-state index >= 15 is 0 Å². The van der Waals surface area contributed by atoms with Gasteiger partial charge in [0.2, 0.25) is 11.6 Å². The van der Waals surface area contributed by atoms with Crippen molar-refractivity contribution < 1.29 is 29.4 Å². The Morgan fingerprint density at radius 1 is 0.737 bits per heavy atom. The number of Topliss-reactive ketones (excluding diaryl/α,β-unsaturated/α-hetero) is 2. The number of carboxylic acids is 2. The Hall–Kier alpha value is -0.460. The third-order valence-electron chi connectivity index (χ3n) is 1.66. The molecule has 2 radical (unpaired) electrons. The van der Waals surface area contributed by atoms with Gasteiger partial charge in [-0.2, -0.15) is 0 Å². The van der Waals surface area contributed by atoms with Crippen LogP contribution in [0.5, 0.6) is 0 Å². The Bertz CT molecular complexity index is 290. The predicted octanol–water partition coefficient (Wildman–Crippen LogP) is 0.992. The van der Waals surface area contributed by atoms with Crippen LogP contribution in [0.2, 0.25) is 0 Å². The van der Waals surface area contributed by atoms with Gasteiger partial charge in [-0.1, -0.05) is 27.7 Å². The smallest absolute Gasteiger partial charge is 0.372 e. The van der Waals surface area contributed by atoms with Gasteiger partial charge in [-0.25, -0.2) is 9.59 Å². The van der Waals surface area contributed by atoms with Crippen LogP contribution < -0.4 is 0 Å². The minimum Gasteiger partial charge on any atom is -0.476 e. The third-order valence-corrected chi connectivity index (χ3v) is 1.66. The Balaban J connectivity index is -0.000000256. The zero-order valence-electron chi connectivity index (χ0n) is 11.8. The van der Waals surface area contributed by atoms with Crippen molar-refractivity contribution in [2.45, 2.75) is 40.5 Å². The molecule has 0 unspecified atom stereocenters. The van der Waals surface area contributed by atoms with Crippen LogP contribution in [0.1, 0.15) is 40.5 Å². The van der Waals surface area contributed by atoms with Gasteiger partial charge in [0.05, 0.1) is 0 Å². The van der Waals surface area contributed by atoms with E-state index < -0.39 is 23.5 Å². The van der Waals surface area contributed by atoms with E-state index in [1.54, 1.807) is 27.7 Å². The van der Waals surface area contributed by atoms with Gasteiger partial charge in [-0.3, -0.25) is 9.59 Å². The number of rotatable bonds is 6. The van der Waals surface area contributed by atoms with E-state index in [1.165, 1.54) is 0 Å². The number of carbonyl (C=O) groups is 4. The van der Waals surface area contributed by atoms with Gasteiger partial charge in [0, 0.05) is 50.6 Å². The van der Waals surface area contributed by atoms with Gasteiger partial charge in [0.25, 0.3) is 0 Å². The molecule has 0 aromatic heterocycles. The zero-order chi connectivity index (χ0) is 14.9. The quantitative estimate of drug-likeness (QED) is 0.559. The van der Waals surface area contributed by atoms with E-state index in [-0.39, 0.29) is 62.4 Å². The molecule has 0 bridgehead atoms. The molecule has 6 nitrogen and oxygen atoms in total. The van der Waals surface area contributed by atoms with Crippen LogP contribution in [0.25, 0.3) is 0 Å². The first-order valence-corrected chi connectivity index (χ1v) is 5.60. The van der Waals surface area contributed by atoms with E-state index in [1.807, 2.05) is 0 Å². The van der Waals surface area contributed by atoms with E-state index in [9.17, 15) is 19.2 Å². The van der Waals surface area contributed by atoms with Crippen molar-refractivity contribution >= 4 is 61.2 Å². The summed E-state index contributed by atoms with van der Waals surface area (Å²) in [5, 5.41) is 16.2. The monoisotopic (exact) mass is 300 g/mol. The SMILES string of the molecule is CC(C)CC(=O)C(=O)O.CC(C)CC(=O)C(=O)O.[Ca]. The predicted molar refractivity (Wildman–Crippen MR) is 69.9 cm³/mol. The standard InChI is InChI=1S/2C6H10O3.Ca/c2*1-4(2)3-5(7)6(8)9;/h2*4H,3H2,1-2H3,(H,8,9);. The Morgan fingerprint density at radius 3 is 1.00 bits per heavy atom. The molecule has 0 aromatic rings. The first-order valence-electron chi connectivity index (χ1n) is 5.60. The average molecular weight is 300 g/mol. The molecule has 0 saturated heterocycles. The summed E-state index contributed by atoms with van der Waals surface area (Å²) in [4.78, 5) is 40.5. The second-order valence-electron chi connectivity index (χ2n) is 4.65. The van der Waals surface area contributed by atoms with Crippen LogP contribution in [-0.4, -0.2) is 71.5 Å². The van der Waals surface area contributed by atoms with Crippen molar-refractivity contribution in [3.8, 4) is 0 Å². The second kappa shape index (κ2) is 12.6. The summed E-state index contributed by atoms with van der Waals surface area (Å²) in [5.74, 6) is -3.80. The molecule has 0 saturated carbocycles. The molecule has 19 heavy (non-hydrogen) atoms. The molecule has 2 N–H and O–H groups in total. The minimum atomic E-state index is -1.33. The molecule has 0 heterocycles. The molecule has 0 aromatic carbocycles. The van der Waals surface area contributed by atoms with Crippen LogP contribution >= 0.6 is 0 Å². The third kappa shape index (κ3) is 17.5. The van der Waals surface area contributed by atoms with E-state index in [0.717, 1.165) is 0 Å². The minimum absolute atomic E-state index is 0. The maximum atomic E-state index is 10.4. The molecule has 0 fully saturated rings. The van der Waals surface area contributed by atoms with Crippen LogP contribution in [-0.2, 0) is 19.2 Å². The Kier molecular flexibility index (Phi) is 15.6. The van der Waals surface area contributed by atoms with Crippen molar-refractivity contribution in [3.05, 3.63) is 0 Å². The number of carbonyl (C=O) groups excluding carboxylic acids is 2. The van der Waals surface area contributed by atoms with Crippen molar-refractivity contribution in [1.82, 2.24) is 0 Å². The second-order valence-corrected chi connectivity index (χ2v) is 4.65. The van der Waals surface area contributed by atoms with E-state index in [2.05, 4.69) is 0 Å². The van der Waals surface area contributed by atoms with Crippen molar-refractivity contribution in [2.75, 3.05) is 0 Å². The summed E-state index contributed by atoms with van der Waals surface area (Å²) >= 11 is 0. The Morgan fingerprint density at radius 2 is 0.947 bits per heavy atom. The summed E-state index contributed by atoms with van der Waals surface area (Å²) in [6, 6.07) is 0. The summed E-state index contributed by atoms with van der Waals surface area (Å²) in [6.45, 7) is 7.23. The number of carboxylic acid groups (broad SMARTS) is 2. The average Bonchev–Trinajstić information content (AvgIpc) is 2.16. The molecule has 7 heteroatoms. The Labute approximate surface area is 142 Å². The molecule has 0 aliphatic heterocycles. The van der Waals surface area contributed by atoms with Crippen molar-refractivity contribution in [1.29, 1.82) is 0 Å². The number of hydrogen-bond acceptors (Lipinski definition) is 4. The van der Waals surface area contributed by atoms with Gasteiger partial charge in [-0.05, 0) is 11.8 Å². The fourth-order valence-corrected chi connectivity index (χ4v) is 0.916. The number of hydrogen-bond donors (Lipinski definition) is 2.